The van der Waals surface area contributed by atoms with Crippen molar-refractivity contribution in [3.05, 3.63) is 83.4 Å². The summed E-state index contributed by atoms with van der Waals surface area (Å²) < 4.78 is 24.1. The van der Waals surface area contributed by atoms with E-state index in [-0.39, 0.29) is 23.7 Å². The molecule has 12 nitrogen and oxygen atoms in total. The Morgan fingerprint density at radius 2 is 1.42 bits per heavy atom. The molecule has 0 saturated carbocycles. The molecule has 45 heavy (non-hydrogen) atoms. The van der Waals surface area contributed by atoms with E-state index in [4.69, 9.17) is 30.5 Å². The summed E-state index contributed by atoms with van der Waals surface area (Å²) in [7, 11) is 0. The molecule has 2 fully saturated rings. The van der Waals surface area contributed by atoms with Gasteiger partial charge in [-0.2, -0.15) is 9.97 Å². The van der Waals surface area contributed by atoms with Gasteiger partial charge >= 0.3 is 17.9 Å². The van der Waals surface area contributed by atoms with Gasteiger partial charge < -0.3 is 23.8 Å². The Balaban J connectivity index is 1.39. The van der Waals surface area contributed by atoms with Crippen molar-refractivity contribution in [1.29, 1.82) is 0 Å². The zero-order valence-electron chi connectivity index (χ0n) is 24.9. The van der Waals surface area contributed by atoms with Gasteiger partial charge in [0.15, 0.2) is 35.4 Å². The van der Waals surface area contributed by atoms with Crippen molar-refractivity contribution < 1.29 is 33.3 Å². The van der Waals surface area contributed by atoms with Crippen LogP contribution >= 0.6 is 11.6 Å². The van der Waals surface area contributed by atoms with Crippen molar-refractivity contribution in [2.45, 2.75) is 57.1 Å². The van der Waals surface area contributed by atoms with E-state index in [0.717, 1.165) is 0 Å². The van der Waals surface area contributed by atoms with Crippen LogP contribution in [0.3, 0.4) is 0 Å². The number of halogens is 1. The van der Waals surface area contributed by atoms with Gasteiger partial charge in [-0.05, 0) is 22.7 Å². The Kier molecular flexibility index (Phi) is 8.68. The quantitative estimate of drug-likeness (QED) is 0.157. The van der Waals surface area contributed by atoms with E-state index in [1.807, 2.05) is 36.4 Å². The molecule has 2 aliphatic rings. The van der Waals surface area contributed by atoms with E-state index in [9.17, 15) is 14.4 Å². The van der Waals surface area contributed by atoms with E-state index in [1.165, 1.54) is 38.2 Å². The SMILES string of the molecule is CC(=O)OC[C@H]1O[C@@H](n2cnc3c(N4CC(c5ccccc5)C(c5ccccc5)C4)nc(Cl)nc32)[C@H](OC(C)=O)[C@@H]1OC(C)=O. The molecule has 6 rings (SSSR count). The lowest BCUT2D eigenvalue weighted by Crippen LogP contribution is -2.40. The third-order valence-corrected chi connectivity index (χ3v) is 8.23. The number of benzene rings is 2. The first-order valence-electron chi connectivity index (χ1n) is 14.6. The summed E-state index contributed by atoms with van der Waals surface area (Å²) in [5.74, 6) is -0.869. The van der Waals surface area contributed by atoms with Crippen LogP contribution in [0.1, 0.15) is 50.0 Å². The molecule has 2 unspecified atom stereocenters. The largest absolute Gasteiger partial charge is 0.463 e. The molecule has 0 spiro atoms. The number of carbonyl (C=O) groups is 3. The van der Waals surface area contributed by atoms with Gasteiger partial charge in [-0.25, -0.2) is 4.98 Å². The van der Waals surface area contributed by atoms with Gasteiger partial charge in [0.2, 0.25) is 5.28 Å². The van der Waals surface area contributed by atoms with Crippen LogP contribution in [0.5, 0.6) is 0 Å². The first kappa shape index (κ1) is 30.5. The highest BCUT2D eigenvalue weighted by molar-refractivity contribution is 6.28. The van der Waals surface area contributed by atoms with Crippen molar-refractivity contribution >= 4 is 46.5 Å². The Morgan fingerprint density at radius 1 is 0.844 bits per heavy atom. The Bertz CT molecular complexity index is 1650. The molecule has 234 valence electrons. The smallest absolute Gasteiger partial charge is 0.303 e. The van der Waals surface area contributed by atoms with Crippen LogP contribution in [-0.4, -0.2) is 75.4 Å². The van der Waals surface area contributed by atoms with Crippen molar-refractivity contribution in [2.75, 3.05) is 24.6 Å². The lowest BCUT2D eigenvalue weighted by Gasteiger charge is -2.24. The van der Waals surface area contributed by atoms with Crippen LogP contribution in [0.15, 0.2) is 67.0 Å². The number of ether oxygens (including phenoxy) is 4. The molecule has 2 saturated heterocycles. The topological polar surface area (TPSA) is 135 Å². The summed E-state index contributed by atoms with van der Waals surface area (Å²) in [5, 5.41) is -0.00583. The Morgan fingerprint density at radius 3 is 1.98 bits per heavy atom. The van der Waals surface area contributed by atoms with Crippen LogP contribution in [0.2, 0.25) is 5.28 Å². The average molecular weight is 634 g/mol. The van der Waals surface area contributed by atoms with Crippen LogP contribution < -0.4 is 4.90 Å². The van der Waals surface area contributed by atoms with Gasteiger partial charge in [-0.1, -0.05) is 60.7 Å². The van der Waals surface area contributed by atoms with Crippen LogP contribution in [0, 0.1) is 0 Å². The highest BCUT2D eigenvalue weighted by atomic mass is 35.5. The zero-order chi connectivity index (χ0) is 31.7. The predicted octanol–water partition coefficient (Wildman–Crippen LogP) is 4.19. The maximum absolute atomic E-state index is 12.2. The van der Waals surface area contributed by atoms with Gasteiger partial charge in [0.25, 0.3) is 0 Å². The molecular weight excluding hydrogens is 602 g/mol. The van der Waals surface area contributed by atoms with Gasteiger partial charge in [0, 0.05) is 45.7 Å². The predicted molar refractivity (Wildman–Crippen MR) is 163 cm³/mol. The van der Waals surface area contributed by atoms with Gasteiger partial charge in [0.05, 0.1) is 6.33 Å². The second kappa shape index (κ2) is 12.8. The number of anilines is 1. The van der Waals surface area contributed by atoms with Gasteiger partial charge in [-0.3, -0.25) is 19.0 Å². The van der Waals surface area contributed by atoms with E-state index in [1.54, 1.807) is 4.57 Å². The van der Waals surface area contributed by atoms with E-state index >= 15 is 0 Å². The maximum atomic E-state index is 12.2. The second-order valence-electron chi connectivity index (χ2n) is 11.1. The number of aromatic nitrogens is 4. The van der Waals surface area contributed by atoms with E-state index < -0.39 is 42.4 Å². The first-order valence-corrected chi connectivity index (χ1v) is 15.0. The molecule has 0 radical (unpaired) electrons. The van der Waals surface area contributed by atoms with Crippen LogP contribution in [0.25, 0.3) is 11.2 Å². The van der Waals surface area contributed by atoms with Crippen LogP contribution in [0.4, 0.5) is 5.82 Å². The fourth-order valence-electron chi connectivity index (χ4n) is 6.25. The molecule has 2 aliphatic heterocycles. The summed E-state index contributed by atoms with van der Waals surface area (Å²) in [6, 6.07) is 20.7. The lowest BCUT2D eigenvalue weighted by atomic mass is 9.84. The number of carbonyl (C=O) groups excluding carboxylic acids is 3. The number of imidazole rings is 1. The Labute approximate surface area is 264 Å². The molecule has 0 amide bonds. The zero-order valence-corrected chi connectivity index (χ0v) is 25.7. The summed E-state index contributed by atoms with van der Waals surface area (Å²) >= 11 is 6.53. The molecule has 2 aromatic carbocycles. The number of hydrogen-bond donors (Lipinski definition) is 0. The lowest BCUT2D eigenvalue weighted by molar-refractivity contribution is -0.166. The van der Waals surface area contributed by atoms with Crippen molar-refractivity contribution in [1.82, 2.24) is 19.5 Å². The molecule has 4 heterocycles. The van der Waals surface area contributed by atoms with E-state index in [0.29, 0.717) is 30.1 Å². The third kappa shape index (κ3) is 6.34. The summed E-state index contributed by atoms with van der Waals surface area (Å²) in [4.78, 5) is 51.7. The number of rotatable bonds is 8. The molecular formula is C32H32ClN5O7. The monoisotopic (exact) mass is 633 g/mol. The minimum Gasteiger partial charge on any atom is -0.463 e. The normalized spacial score (nSPS) is 24.5. The van der Waals surface area contributed by atoms with Crippen molar-refractivity contribution in [3.8, 4) is 0 Å². The molecule has 13 heteroatoms. The molecule has 0 bridgehead atoms. The molecule has 0 N–H and O–H groups in total. The molecule has 0 aliphatic carbocycles. The van der Waals surface area contributed by atoms with Gasteiger partial charge in [-0.15, -0.1) is 0 Å². The third-order valence-electron chi connectivity index (χ3n) is 8.07. The average Bonchev–Trinajstić information content (AvgIpc) is 3.72. The summed E-state index contributed by atoms with van der Waals surface area (Å²) in [5.41, 5.74) is 3.24. The highest BCUT2D eigenvalue weighted by Crippen LogP contribution is 2.43. The first-order chi connectivity index (χ1) is 21.7. The van der Waals surface area contributed by atoms with Crippen LogP contribution in [-0.2, 0) is 33.3 Å². The van der Waals surface area contributed by atoms with Gasteiger partial charge in [0.1, 0.15) is 12.7 Å². The number of hydrogen-bond acceptors (Lipinski definition) is 11. The number of nitrogens with zero attached hydrogens (tertiary/aromatic N) is 5. The molecule has 4 aromatic rings. The number of esters is 3. The highest BCUT2D eigenvalue weighted by Gasteiger charge is 2.51. The minimum atomic E-state index is -1.10. The second-order valence-corrected chi connectivity index (χ2v) is 11.4. The molecule has 2 aromatic heterocycles. The summed E-state index contributed by atoms with van der Waals surface area (Å²) in [6.45, 7) is 4.81. The van der Waals surface area contributed by atoms with Crippen molar-refractivity contribution in [3.63, 3.8) is 0 Å². The fraction of sp³-hybridized carbons (Fsp3) is 0.375. The standard InChI is InChI=1S/C32H32ClN5O7/c1-18(39)42-16-25-27(43-19(2)40)28(44-20(3)41)31(45-25)38-17-34-26-29(35-32(33)36-30(26)38)37-14-23(21-10-6-4-7-11-21)24(15-37)22-12-8-5-9-13-22/h4-13,17,23-25,27-28,31H,14-16H2,1-3H3/t23?,24?,25-,27-,28-,31-/m1/s1. The maximum Gasteiger partial charge on any atom is 0.303 e. The minimum absolute atomic E-state index is 0.00583. The van der Waals surface area contributed by atoms with Crippen molar-refractivity contribution in [2.24, 2.45) is 0 Å². The summed E-state index contributed by atoms with van der Waals surface area (Å²) in [6.07, 6.45) is -2.63. The Hall–Kier alpha value is -4.55. The molecule has 6 atom stereocenters. The van der Waals surface area contributed by atoms with E-state index in [2.05, 4.69) is 44.1 Å². The number of fused-ring (bicyclic) bond motifs is 1. The fourth-order valence-corrected chi connectivity index (χ4v) is 6.41.